The summed E-state index contributed by atoms with van der Waals surface area (Å²) in [4.78, 5) is 8.14. The Morgan fingerprint density at radius 2 is 2.25 bits per heavy atom. The number of aromatic nitrogens is 1. The molecule has 3 rings (SSSR count). The van der Waals surface area contributed by atoms with Gasteiger partial charge in [-0.3, -0.25) is 0 Å². The van der Waals surface area contributed by atoms with E-state index < -0.39 is 0 Å². The van der Waals surface area contributed by atoms with Crippen molar-refractivity contribution < 1.29 is 0 Å². The molecule has 0 amide bonds. The van der Waals surface area contributed by atoms with E-state index in [0.29, 0.717) is 0 Å². The number of thiazole rings is 1. The van der Waals surface area contributed by atoms with Crippen LogP contribution in [0.2, 0.25) is 0 Å². The van der Waals surface area contributed by atoms with E-state index in [0.717, 1.165) is 25.3 Å². The molecule has 1 aliphatic heterocycles. The third-order valence-corrected chi connectivity index (χ3v) is 4.83. The molecule has 0 saturated heterocycles. The summed E-state index contributed by atoms with van der Waals surface area (Å²) in [7, 11) is 0. The van der Waals surface area contributed by atoms with Gasteiger partial charge in [-0.15, -0.1) is 11.3 Å². The van der Waals surface area contributed by atoms with Crippen molar-refractivity contribution in [2.24, 2.45) is 0 Å². The second-order valence-corrected chi connectivity index (χ2v) is 6.20. The Hall–Kier alpha value is -1.39. The Morgan fingerprint density at radius 3 is 3.10 bits per heavy atom. The normalized spacial score (nSPS) is 13.8. The Morgan fingerprint density at radius 1 is 1.35 bits per heavy atom. The third kappa shape index (κ3) is 3.02. The fraction of sp³-hybridized carbons (Fsp3) is 0.438. The zero-order valence-electron chi connectivity index (χ0n) is 11.9. The van der Waals surface area contributed by atoms with Gasteiger partial charge in [-0.25, -0.2) is 4.98 Å². The fourth-order valence-electron chi connectivity index (χ4n) is 2.73. The second kappa shape index (κ2) is 6.37. The Kier molecular flexibility index (Phi) is 4.33. The van der Waals surface area contributed by atoms with Crippen LogP contribution in [0.15, 0.2) is 29.8 Å². The molecule has 0 atom stereocenters. The molecule has 1 aliphatic rings. The predicted octanol–water partition coefficient (Wildman–Crippen LogP) is 2.99. The fourth-order valence-corrected chi connectivity index (χ4v) is 3.48. The molecule has 20 heavy (non-hydrogen) atoms. The summed E-state index contributed by atoms with van der Waals surface area (Å²) in [5, 5.41) is 3.52. The first-order chi connectivity index (χ1) is 9.84. The van der Waals surface area contributed by atoms with E-state index in [1.807, 2.05) is 5.51 Å². The van der Waals surface area contributed by atoms with Gasteiger partial charge in [0.2, 0.25) is 0 Å². The van der Waals surface area contributed by atoms with Crippen molar-refractivity contribution in [3.8, 4) is 0 Å². The first-order valence-electron chi connectivity index (χ1n) is 7.27. The molecular formula is C16H21N3S. The molecule has 1 aromatic heterocycles. The highest BCUT2D eigenvalue weighted by molar-refractivity contribution is 7.09. The Labute approximate surface area is 124 Å². The monoisotopic (exact) mass is 287 g/mol. The molecule has 3 nitrogen and oxygen atoms in total. The van der Waals surface area contributed by atoms with Gasteiger partial charge in [0.25, 0.3) is 0 Å². The molecule has 106 valence electrons. The minimum Gasteiger partial charge on any atom is -0.371 e. The quantitative estimate of drug-likeness (QED) is 0.828. The third-order valence-electron chi connectivity index (χ3n) is 3.90. The second-order valence-electron chi connectivity index (χ2n) is 5.26. The standard InChI is InChI=1S/C16H21N3S/c1-13-16(20-12-18-13)11-17-8-4-9-19-10-7-14-5-2-3-6-15(14)19/h2-3,5-6,12,17H,4,7-11H2,1H3. The Bertz CT molecular complexity index is 564. The minimum atomic E-state index is 0.951. The summed E-state index contributed by atoms with van der Waals surface area (Å²) in [6, 6.07) is 8.78. The summed E-state index contributed by atoms with van der Waals surface area (Å²) in [5.41, 5.74) is 6.02. The number of aryl methyl sites for hydroxylation is 1. The number of rotatable bonds is 6. The van der Waals surface area contributed by atoms with Crippen molar-refractivity contribution in [1.82, 2.24) is 10.3 Å². The maximum atomic E-state index is 4.27. The van der Waals surface area contributed by atoms with E-state index in [9.17, 15) is 0 Å². The van der Waals surface area contributed by atoms with Gasteiger partial charge < -0.3 is 10.2 Å². The van der Waals surface area contributed by atoms with Crippen LogP contribution in [0.1, 0.15) is 22.6 Å². The van der Waals surface area contributed by atoms with Crippen molar-refractivity contribution >= 4 is 17.0 Å². The topological polar surface area (TPSA) is 28.2 Å². The smallest absolute Gasteiger partial charge is 0.0798 e. The molecule has 0 fully saturated rings. The molecule has 0 saturated carbocycles. The van der Waals surface area contributed by atoms with Crippen LogP contribution in [-0.4, -0.2) is 24.6 Å². The van der Waals surface area contributed by atoms with Crippen molar-refractivity contribution in [2.45, 2.75) is 26.3 Å². The van der Waals surface area contributed by atoms with Crippen molar-refractivity contribution in [3.63, 3.8) is 0 Å². The largest absolute Gasteiger partial charge is 0.371 e. The van der Waals surface area contributed by atoms with E-state index >= 15 is 0 Å². The maximum Gasteiger partial charge on any atom is 0.0798 e. The van der Waals surface area contributed by atoms with Crippen LogP contribution >= 0.6 is 11.3 Å². The minimum absolute atomic E-state index is 0.951. The molecule has 4 heteroatoms. The molecule has 2 heterocycles. The molecule has 1 aromatic carbocycles. The van der Waals surface area contributed by atoms with Crippen LogP contribution in [0, 0.1) is 6.92 Å². The van der Waals surface area contributed by atoms with Gasteiger partial charge in [0.05, 0.1) is 11.2 Å². The maximum absolute atomic E-state index is 4.27. The van der Waals surface area contributed by atoms with Gasteiger partial charge in [0.15, 0.2) is 0 Å². The van der Waals surface area contributed by atoms with E-state index in [1.54, 1.807) is 11.3 Å². The summed E-state index contributed by atoms with van der Waals surface area (Å²) >= 11 is 1.74. The first kappa shape index (κ1) is 13.6. The summed E-state index contributed by atoms with van der Waals surface area (Å²) in [6.07, 6.45) is 2.38. The van der Waals surface area contributed by atoms with Crippen LogP contribution in [-0.2, 0) is 13.0 Å². The number of hydrogen-bond acceptors (Lipinski definition) is 4. The van der Waals surface area contributed by atoms with Gasteiger partial charge in [-0.1, -0.05) is 18.2 Å². The van der Waals surface area contributed by atoms with Crippen molar-refractivity contribution in [1.29, 1.82) is 0 Å². The van der Waals surface area contributed by atoms with Crippen molar-refractivity contribution in [2.75, 3.05) is 24.5 Å². The lowest BCUT2D eigenvalue weighted by Gasteiger charge is -2.19. The molecule has 2 aromatic rings. The summed E-state index contributed by atoms with van der Waals surface area (Å²) in [6.45, 7) is 6.41. The first-order valence-corrected chi connectivity index (χ1v) is 8.15. The van der Waals surface area contributed by atoms with Gasteiger partial charge in [-0.05, 0) is 37.9 Å². The highest BCUT2D eigenvalue weighted by atomic mass is 32.1. The van der Waals surface area contributed by atoms with E-state index in [-0.39, 0.29) is 0 Å². The molecular weight excluding hydrogens is 266 g/mol. The van der Waals surface area contributed by atoms with Crippen LogP contribution in [0.25, 0.3) is 0 Å². The highest BCUT2D eigenvalue weighted by Gasteiger charge is 2.17. The number of para-hydroxylation sites is 1. The molecule has 0 bridgehead atoms. The van der Waals surface area contributed by atoms with Crippen LogP contribution < -0.4 is 10.2 Å². The van der Waals surface area contributed by atoms with E-state index in [2.05, 4.69) is 46.4 Å². The van der Waals surface area contributed by atoms with Crippen LogP contribution in [0.5, 0.6) is 0 Å². The zero-order valence-corrected chi connectivity index (χ0v) is 12.7. The lowest BCUT2D eigenvalue weighted by Crippen LogP contribution is -2.25. The lowest BCUT2D eigenvalue weighted by molar-refractivity contribution is 0.641. The van der Waals surface area contributed by atoms with Crippen molar-refractivity contribution in [3.05, 3.63) is 45.9 Å². The van der Waals surface area contributed by atoms with Crippen LogP contribution in [0.4, 0.5) is 5.69 Å². The number of anilines is 1. The molecule has 0 radical (unpaired) electrons. The Balaban J connectivity index is 1.40. The molecule has 1 N–H and O–H groups in total. The van der Waals surface area contributed by atoms with E-state index in [4.69, 9.17) is 0 Å². The van der Waals surface area contributed by atoms with E-state index in [1.165, 1.54) is 35.5 Å². The predicted molar refractivity (Wildman–Crippen MR) is 85.5 cm³/mol. The number of nitrogens with zero attached hydrogens (tertiary/aromatic N) is 2. The lowest BCUT2D eigenvalue weighted by atomic mass is 10.2. The zero-order chi connectivity index (χ0) is 13.8. The number of hydrogen-bond donors (Lipinski definition) is 1. The molecule has 0 spiro atoms. The average Bonchev–Trinajstić information content (AvgIpc) is 3.06. The average molecular weight is 287 g/mol. The summed E-state index contributed by atoms with van der Waals surface area (Å²) in [5.74, 6) is 0. The number of fused-ring (bicyclic) bond motifs is 1. The van der Waals surface area contributed by atoms with Crippen LogP contribution in [0.3, 0.4) is 0 Å². The van der Waals surface area contributed by atoms with Gasteiger partial charge in [0.1, 0.15) is 0 Å². The number of benzene rings is 1. The SMILES string of the molecule is Cc1ncsc1CNCCCN1CCc2ccccc21. The van der Waals surface area contributed by atoms with Gasteiger partial charge >= 0.3 is 0 Å². The molecule has 0 aliphatic carbocycles. The highest BCUT2D eigenvalue weighted by Crippen LogP contribution is 2.27. The summed E-state index contributed by atoms with van der Waals surface area (Å²) < 4.78 is 0. The molecule has 0 unspecified atom stereocenters. The van der Waals surface area contributed by atoms with Gasteiger partial charge in [-0.2, -0.15) is 0 Å². The number of nitrogens with one attached hydrogen (secondary N) is 1. The van der Waals surface area contributed by atoms with Gasteiger partial charge in [0, 0.05) is 30.2 Å².